The molecule has 0 amide bonds. The van der Waals surface area contributed by atoms with Gasteiger partial charge in [-0.2, -0.15) is 38.8 Å². The van der Waals surface area contributed by atoms with Gasteiger partial charge in [-0.1, -0.05) is 58.6 Å². The Balaban J connectivity index is 1.16. The number of azo groups is 3. The van der Waals surface area contributed by atoms with Gasteiger partial charge < -0.3 is 19.7 Å². The fourth-order valence-corrected chi connectivity index (χ4v) is 11.8. The highest BCUT2D eigenvalue weighted by molar-refractivity contribution is 7.95. The largest absolute Gasteiger partial charge is 0.505 e. The first kappa shape index (κ1) is 57.6. The predicted molar refractivity (Wildman–Crippen MR) is 289 cm³/mol. The summed E-state index contributed by atoms with van der Waals surface area (Å²) in [5.74, 6) is -1.89. The van der Waals surface area contributed by atoms with Crippen molar-refractivity contribution in [1.82, 2.24) is 0 Å². The molecule has 9 aromatic carbocycles. The molecule has 8 N–H and O–H groups in total. The van der Waals surface area contributed by atoms with Crippen LogP contribution in [0.25, 0.3) is 32.3 Å². The van der Waals surface area contributed by atoms with Crippen LogP contribution in [-0.4, -0.2) is 68.1 Å². The van der Waals surface area contributed by atoms with E-state index in [2.05, 4.69) is 50.4 Å². The fraction of sp³-hybridized carbons (Fsp3) is 0. The SMILES string of the molecule is O=S(=O)(O)c1cc(OS(=O)(=O)c2ccccc2)c2ccc(N=Nc3c(Nc4ccccc4)ccc4c(O)c(N=Nc5ccc6c(O)c(N=Nc7ccccc7S(=O)(=O)O)c(SOOO)cc6c5)c(SOOO)cc34)c(S(=O)(=O)O)c2c1. The Morgan fingerprint density at radius 3 is 1.69 bits per heavy atom. The third-order valence-corrected chi connectivity index (χ3v) is 16.5. The Bertz CT molecular complexity index is 4530. The second-order valence-electron chi connectivity index (χ2n) is 16.3. The molecule has 0 aliphatic carbocycles. The van der Waals surface area contributed by atoms with Gasteiger partial charge in [-0.15, -0.1) is 34.2 Å². The molecular formula is C48H33N7O20S6. The fourth-order valence-electron chi connectivity index (χ4n) is 7.85. The van der Waals surface area contributed by atoms with Crippen LogP contribution in [0, 0.1) is 0 Å². The molecule has 27 nitrogen and oxygen atoms in total. The van der Waals surface area contributed by atoms with Gasteiger partial charge >= 0.3 is 10.1 Å². The van der Waals surface area contributed by atoms with Crippen molar-refractivity contribution in [2.24, 2.45) is 30.7 Å². The van der Waals surface area contributed by atoms with Gasteiger partial charge in [-0.25, -0.2) is 10.5 Å². The van der Waals surface area contributed by atoms with Gasteiger partial charge in [0.05, 0.1) is 50.1 Å². The Hall–Kier alpha value is -8.10. The Morgan fingerprint density at radius 1 is 0.457 bits per heavy atom. The summed E-state index contributed by atoms with van der Waals surface area (Å²) in [5, 5.41) is 76.5. The molecule has 0 aliphatic heterocycles. The molecule has 0 atom stereocenters. The standard InChI is InChI=1S/C48H33N7O20S6/c56-46-31-16-15-28(21-26(31)22-40(76-74-72-58)44(46)55-51-36-13-7-8-14-42(36)79(63,64)65)50-54-45-41(77-75-73-59)25-34-33(47(45)57)18-19-37(49-27-9-3-1-4-10-27)43(34)53-52-38-20-17-32-35(48(38)80(66,67)68)23-30(78(60,61)62)24-39(32)71-81(69,70)29-11-5-2-6-12-29/h1-25,49,56-59H,(H,60,61,62)(H,63,64,65)(H,66,67,68). The van der Waals surface area contributed by atoms with Crippen molar-refractivity contribution in [2.75, 3.05) is 5.32 Å². The van der Waals surface area contributed by atoms with E-state index in [1.807, 2.05) is 0 Å². The van der Waals surface area contributed by atoms with Crippen LogP contribution in [0.2, 0.25) is 0 Å². The third kappa shape index (κ3) is 12.8. The normalized spacial score (nSPS) is 12.7. The lowest BCUT2D eigenvalue weighted by Gasteiger charge is -2.15. The minimum absolute atomic E-state index is 0.0135. The maximum atomic E-state index is 13.3. The molecule has 81 heavy (non-hydrogen) atoms. The second-order valence-corrected chi connectivity index (χ2v) is 23.5. The summed E-state index contributed by atoms with van der Waals surface area (Å²) in [6.07, 6.45) is 0. The average Bonchev–Trinajstić information content (AvgIpc) is 3.43. The molecule has 0 saturated carbocycles. The molecule has 0 unspecified atom stereocenters. The molecular weight excluding hydrogens is 1190 g/mol. The highest BCUT2D eigenvalue weighted by Gasteiger charge is 2.28. The van der Waals surface area contributed by atoms with E-state index in [9.17, 15) is 62.8 Å². The summed E-state index contributed by atoms with van der Waals surface area (Å²) < 4.78 is 148. The summed E-state index contributed by atoms with van der Waals surface area (Å²) in [6.45, 7) is 0. The van der Waals surface area contributed by atoms with Crippen molar-refractivity contribution in [2.45, 2.75) is 29.4 Å². The molecule has 9 aromatic rings. The molecule has 0 heterocycles. The zero-order valence-electron chi connectivity index (χ0n) is 40.0. The van der Waals surface area contributed by atoms with E-state index in [0.29, 0.717) is 41.9 Å². The number of hydrogen-bond acceptors (Lipinski definition) is 26. The van der Waals surface area contributed by atoms with Crippen molar-refractivity contribution >= 4 is 142 Å². The molecule has 416 valence electrons. The van der Waals surface area contributed by atoms with Gasteiger partial charge in [0, 0.05) is 38.7 Å². The maximum Gasteiger partial charge on any atom is 0.339 e. The minimum Gasteiger partial charge on any atom is -0.505 e. The molecule has 33 heteroatoms. The molecule has 0 fully saturated rings. The number of nitrogens with one attached hydrogen (secondary N) is 1. The zero-order valence-corrected chi connectivity index (χ0v) is 44.9. The second kappa shape index (κ2) is 23.5. The quantitative estimate of drug-likeness (QED) is 0.00877. The summed E-state index contributed by atoms with van der Waals surface area (Å²) in [7, 11) is -20.2. The number of rotatable bonds is 20. The first-order valence-electron chi connectivity index (χ1n) is 22.2. The van der Waals surface area contributed by atoms with Crippen molar-refractivity contribution in [3.63, 3.8) is 0 Å². The average molecular weight is 1220 g/mol. The van der Waals surface area contributed by atoms with Crippen LogP contribution in [0.5, 0.6) is 17.2 Å². The van der Waals surface area contributed by atoms with Gasteiger partial charge in [0.25, 0.3) is 30.4 Å². The van der Waals surface area contributed by atoms with Crippen LogP contribution >= 0.6 is 24.1 Å². The van der Waals surface area contributed by atoms with Gasteiger partial charge in [-0.05, 0) is 102 Å². The third-order valence-electron chi connectivity index (χ3n) is 11.3. The number of hydrogen-bond donors (Lipinski definition) is 8. The molecule has 0 aliphatic rings. The molecule has 0 spiro atoms. The van der Waals surface area contributed by atoms with E-state index in [0.717, 1.165) is 18.2 Å². The van der Waals surface area contributed by atoms with Crippen molar-refractivity contribution in [3.05, 3.63) is 152 Å². The van der Waals surface area contributed by atoms with Gasteiger partial charge in [0.2, 0.25) is 0 Å². The topological polar surface area (TPSA) is 411 Å². The van der Waals surface area contributed by atoms with Crippen molar-refractivity contribution < 1.29 is 91.0 Å². The summed E-state index contributed by atoms with van der Waals surface area (Å²) in [6, 6.07) is 33.3. The Morgan fingerprint density at radius 2 is 1.04 bits per heavy atom. The van der Waals surface area contributed by atoms with Crippen LogP contribution in [0.3, 0.4) is 0 Å². The van der Waals surface area contributed by atoms with Crippen LogP contribution in [0.1, 0.15) is 0 Å². The highest BCUT2D eigenvalue weighted by Crippen LogP contribution is 2.50. The van der Waals surface area contributed by atoms with E-state index >= 15 is 0 Å². The number of benzene rings is 9. The first-order chi connectivity index (χ1) is 38.5. The van der Waals surface area contributed by atoms with E-state index in [1.165, 1.54) is 91.0 Å². The number of anilines is 2. The monoisotopic (exact) mass is 1220 g/mol. The van der Waals surface area contributed by atoms with E-state index < -0.39 is 83.5 Å². The maximum absolute atomic E-state index is 13.3. The van der Waals surface area contributed by atoms with E-state index in [4.69, 9.17) is 13.8 Å². The van der Waals surface area contributed by atoms with Gasteiger partial charge in [-0.3, -0.25) is 13.7 Å². The van der Waals surface area contributed by atoms with Crippen LogP contribution in [0.4, 0.5) is 45.5 Å². The predicted octanol–water partition coefficient (Wildman–Crippen LogP) is 12.9. The molecule has 0 radical (unpaired) electrons. The molecule has 0 saturated heterocycles. The summed E-state index contributed by atoms with van der Waals surface area (Å²) >= 11 is 0.676. The van der Waals surface area contributed by atoms with Crippen molar-refractivity contribution in [3.8, 4) is 17.2 Å². The lowest BCUT2D eigenvalue weighted by molar-refractivity contribution is -0.432. The summed E-state index contributed by atoms with van der Waals surface area (Å²) in [5.41, 5.74) is -1.01. The number of para-hydroxylation sites is 1. The Labute approximate surface area is 464 Å². The minimum atomic E-state index is -5.48. The van der Waals surface area contributed by atoms with Gasteiger partial charge in [0.15, 0.2) is 17.2 Å². The smallest absolute Gasteiger partial charge is 0.339 e. The number of aromatic hydroxyl groups is 2. The van der Waals surface area contributed by atoms with Crippen LogP contribution in [0.15, 0.2) is 212 Å². The van der Waals surface area contributed by atoms with Gasteiger partial charge in [0.1, 0.15) is 43.1 Å². The Kier molecular flexibility index (Phi) is 16.7. The lowest BCUT2D eigenvalue weighted by Crippen LogP contribution is -2.11. The highest BCUT2D eigenvalue weighted by atomic mass is 32.2. The molecule has 0 bridgehead atoms. The number of phenols is 2. The number of fused-ring (bicyclic) bond motifs is 3. The first-order valence-corrected chi connectivity index (χ1v) is 29.4. The molecule has 9 rings (SSSR count). The van der Waals surface area contributed by atoms with Crippen molar-refractivity contribution in [1.29, 1.82) is 0 Å². The van der Waals surface area contributed by atoms with Crippen LogP contribution < -0.4 is 9.50 Å². The zero-order chi connectivity index (χ0) is 57.9. The van der Waals surface area contributed by atoms with Crippen LogP contribution in [-0.2, 0) is 59.2 Å². The molecule has 0 aromatic heterocycles. The van der Waals surface area contributed by atoms with E-state index in [-0.39, 0.29) is 75.7 Å². The van der Waals surface area contributed by atoms with E-state index in [1.54, 1.807) is 30.3 Å². The number of phenolic OH excluding ortho intramolecular Hbond substituents is 2. The number of nitrogens with zero attached hydrogens (tertiary/aromatic N) is 6. The summed E-state index contributed by atoms with van der Waals surface area (Å²) in [4.78, 5) is -3.28. The lowest BCUT2D eigenvalue weighted by atomic mass is 10.0.